The van der Waals surface area contributed by atoms with Crippen LogP contribution in [0.1, 0.15) is 38.2 Å². The molecule has 0 heterocycles. The van der Waals surface area contributed by atoms with Gasteiger partial charge >= 0.3 is 0 Å². The first-order valence-electron chi connectivity index (χ1n) is 7.24. The lowest BCUT2D eigenvalue weighted by Crippen LogP contribution is -2.06. The molecule has 0 amide bonds. The van der Waals surface area contributed by atoms with Crippen molar-refractivity contribution in [1.82, 2.24) is 4.72 Å². The van der Waals surface area contributed by atoms with Crippen LogP contribution in [0.15, 0.2) is 18.2 Å². The Kier molecular flexibility index (Phi) is 9.45. The number of nitrogens with one attached hydrogen (secondary N) is 1. The van der Waals surface area contributed by atoms with Crippen LogP contribution in [0.4, 0.5) is 4.39 Å². The summed E-state index contributed by atoms with van der Waals surface area (Å²) in [7, 11) is 0. The smallest absolute Gasteiger partial charge is 0.165 e. The monoisotopic (exact) mass is 300 g/mol. The minimum atomic E-state index is -0.295. The van der Waals surface area contributed by atoms with Gasteiger partial charge in [0.2, 0.25) is 0 Å². The average molecular weight is 300 g/mol. The van der Waals surface area contributed by atoms with Crippen molar-refractivity contribution in [1.29, 1.82) is 0 Å². The maximum absolute atomic E-state index is 13.5. The van der Waals surface area contributed by atoms with Crippen molar-refractivity contribution >= 4 is 11.9 Å². The van der Waals surface area contributed by atoms with Gasteiger partial charge < -0.3 is 10.5 Å². The highest BCUT2D eigenvalue weighted by Crippen LogP contribution is 2.19. The summed E-state index contributed by atoms with van der Waals surface area (Å²) < 4.78 is 22.2. The van der Waals surface area contributed by atoms with Crippen molar-refractivity contribution in [3.05, 3.63) is 29.6 Å². The largest absolute Gasteiger partial charge is 0.491 e. The molecule has 0 unspecified atom stereocenters. The molecule has 0 atom stereocenters. The van der Waals surface area contributed by atoms with Gasteiger partial charge in [0.15, 0.2) is 11.6 Å². The molecular weight excluding hydrogens is 275 g/mol. The first kappa shape index (κ1) is 17.3. The summed E-state index contributed by atoms with van der Waals surface area (Å²) in [5, 5.41) is 0. The van der Waals surface area contributed by atoms with Crippen LogP contribution >= 0.6 is 11.9 Å². The minimum Gasteiger partial charge on any atom is -0.491 e. The maximum atomic E-state index is 13.5. The number of halogens is 1. The third-order valence-electron chi connectivity index (χ3n) is 2.79. The number of unbranched alkanes of at least 4 members (excludes halogenated alkanes) is 2. The zero-order chi connectivity index (χ0) is 14.6. The lowest BCUT2D eigenvalue weighted by atomic mass is 10.2. The van der Waals surface area contributed by atoms with Crippen LogP contribution in [0, 0.1) is 5.82 Å². The first-order valence-corrected chi connectivity index (χ1v) is 8.22. The van der Waals surface area contributed by atoms with E-state index in [0.29, 0.717) is 18.9 Å². The van der Waals surface area contributed by atoms with E-state index in [1.54, 1.807) is 24.1 Å². The Morgan fingerprint density at radius 1 is 1.30 bits per heavy atom. The highest BCUT2D eigenvalue weighted by atomic mass is 32.2. The fourth-order valence-corrected chi connectivity index (χ4v) is 2.44. The number of hydrogen-bond acceptors (Lipinski definition) is 4. The predicted octanol–water partition coefficient (Wildman–Crippen LogP) is 3.48. The van der Waals surface area contributed by atoms with Crippen LogP contribution < -0.4 is 15.2 Å². The van der Waals surface area contributed by atoms with E-state index >= 15 is 0 Å². The molecule has 1 rings (SSSR count). The lowest BCUT2D eigenvalue weighted by molar-refractivity contribution is 0.301. The highest BCUT2D eigenvalue weighted by molar-refractivity contribution is 7.97. The van der Waals surface area contributed by atoms with Crippen molar-refractivity contribution in [3.63, 3.8) is 0 Å². The first-order chi connectivity index (χ1) is 9.77. The molecule has 0 spiro atoms. The van der Waals surface area contributed by atoms with Crippen LogP contribution in [-0.4, -0.2) is 18.9 Å². The summed E-state index contributed by atoms with van der Waals surface area (Å²) in [5.41, 5.74) is 6.48. The summed E-state index contributed by atoms with van der Waals surface area (Å²) in [4.78, 5) is 0. The zero-order valence-corrected chi connectivity index (χ0v) is 13.0. The van der Waals surface area contributed by atoms with Crippen molar-refractivity contribution in [2.45, 2.75) is 39.2 Å². The molecule has 0 saturated carbocycles. The topological polar surface area (TPSA) is 47.3 Å². The van der Waals surface area contributed by atoms with Gasteiger partial charge in [-0.15, -0.1) is 0 Å². The Balaban J connectivity index is 2.26. The van der Waals surface area contributed by atoms with Gasteiger partial charge in [0.25, 0.3) is 0 Å². The van der Waals surface area contributed by atoms with E-state index in [9.17, 15) is 4.39 Å². The second-order valence-corrected chi connectivity index (χ2v) is 5.62. The molecule has 0 bridgehead atoms. The SMILES string of the molecule is CCCOc1cc(CNSCCCCCN)ccc1F. The van der Waals surface area contributed by atoms with E-state index in [0.717, 1.165) is 30.7 Å². The molecule has 114 valence electrons. The quantitative estimate of drug-likeness (QED) is 0.485. The number of nitrogens with two attached hydrogens (primary N) is 1. The molecule has 1 aromatic rings. The summed E-state index contributed by atoms with van der Waals surface area (Å²) in [6.07, 6.45) is 4.32. The second-order valence-electron chi connectivity index (χ2n) is 4.63. The van der Waals surface area contributed by atoms with Crippen molar-refractivity contribution < 1.29 is 9.13 Å². The summed E-state index contributed by atoms with van der Waals surface area (Å²) in [5.74, 6) is 1.12. The van der Waals surface area contributed by atoms with E-state index in [2.05, 4.69) is 4.72 Å². The zero-order valence-electron chi connectivity index (χ0n) is 12.2. The Bertz CT molecular complexity index is 377. The molecule has 5 heteroatoms. The van der Waals surface area contributed by atoms with E-state index in [1.807, 2.05) is 6.92 Å². The average Bonchev–Trinajstić information content (AvgIpc) is 2.46. The van der Waals surface area contributed by atoms with Crippen LogP contribution in [0.3, 0.4) is 0 Å². The van der Waals surface area contributed by atoms with Crippen molar-refractivity contribution in [2.75, 3.05) is 18.9 Å². The number of ether oxygens (including phenoxy) is 1. The van der Waals surface area contributed by atoms with Crippen LogP contribution in [0.5, 0.6) is 5.75 Å². The van der Waals surface area contributed by atoms with Gasteiger partial charge in [0, 0.05) is 12.3 Å². The highest BCUT2D eigenvalue weighted by Gasteiger charge is 2.04. The van der Waals surface area contributed by atoms with Gasteiger partial charge in [-0.2, -0.15) is 0 Å². The Morgan fingerprint density at radius 2 is 2.15 bits per heavy atom. The standard InChI is InChI=1S/C15H25FN2OS/c1-2-9-19-15-11-13(6-7-14(15)16)12-18-20-10-5-3-4-8-17/h6-7,11,18H,2-5,8-10,12,17H2,1H3. The van der Waals surface area contributed by atoms with E-state index in [4.69, 9.17) is 10.5 Å². The third-order valence-corrected chi connectivity index (χ3v) is 3.63. The third kappa shape index (κ3) is 7.12. The molecule has 0 fully saturated rings. The second kappa shape index (κ2) is 10.9. The van der Waals surface area contributed by atoms with Crippen LogP contribution in [0.25, 0.3) is 0 Å². The molecular formula is C15H25FN2OS. The molecule has 1 aromatic carbocycles. The predicted molar refractivity (Wildman–Crippen MR) is 84.4 cm³/mol. The summed E-state index contributed by atoms with van der Waals surface area (Å²) in [6, 6.07) is 5.02. The van der Waals surface area contributed by atoms with Crippen LogP contribution in [0.2, 0.25) is 0 Å². The molecule has 3 nitrogen and oxygen atoms in total. The van der Waals surface area contributed by atoms with Gasteiger partial charge in [0.05, 0.1) is 6.61 Å². The lowest BCUT2D eigenvalue weighted by Gasteiger charge is -2.09. The van der Waals surface area contributed by atoms with Gasteiger partial charge in [0.1, 0.15) is 0 Å². The molecule has 0 aromatic heterocycles. The van der Waals surface area contributed by atoms with Crippen molar-refractivity contribution in [2.24, 2.45) is 5.73 Å². The Labute approximate surface area is 125 Å². The van der Waals surface area contributed by atoms with Crippen molar-refractivity contribution in [3.8, 4) is 5.75 Å². The molecule has 20 heavy (non-hydrogen) atoms. The normalized spacial score (nSPS) is 10.8. The Hall–Kier alpha value is -0.780. The fraction of sp³-hybridized carbons (Fsp3) is 0.600. The molecule has 0 saturated heterocycles. The van der Waals surface area contributed by atoms with E-state index < -0.39 is 0 Å². The summed E-state index contributed by atoms with van der Waals surface area (Å²) in [6.45, 7) is 4.03. The fourth-order valence-electron chi connectivity index (χ4n) is 1.68. The van der Waals surface area contributed by atoms with E-state index in [1.165, 1.54) is 18.9 Å². The molecule has 0 aliphatic rings. The maximum Gasteiger partial charge on any atom is 0.165 e. The van der Waals surface area contributed by atoms with Gasteiger partial charge in [-0.05, 0) is 43.5 Å². The van der Waals surface area contributed by atoms with Gasteiger partial charge in [-0.1, -0.05) is 31.4 Å². The van der Waals surface area contributed by atoms with Crippen LogP contribution in [-0.2, 0) is 6.54 Å². The van der Waals surface area contributed by atoms with Gasteiger partial charge in [-0.25, -0.2) is 4.39 Å². The molecule has 0 aliphatic carbocycles. The molecule has 0 radical (unpaired) electrons. The number of hydrogen-bond donors (Lipinski definition) is 2. The minimum absolute atomic E-state index is 0.295. The molecule has 3 N–H and O–H groups in total. The Morgan fingerprint density at radius 3 is 2.90 bits per heavy atom. The van der Waals surface area contributed by atoms with Gasteiger partial charge in [-0.3, -0.25) is 4.72 Å². The number of benzene rings is 1. The number of rotatable bonds is 11. The van der Waals surface area contributed by atoms with E-state index in [-0.39, 0.29) is 5.82 Å². The molecule has 0 aliphatic heterocycles. The summed E-state index contributed by atoms with van der Waals surface area (Å²) >= 11 is 1.70.